The number of hydrogen-bond acceptors (Lipinski definition) is 4. The Morgan fingerprint density at radius 1 is 1.10 bits per heavy atom. The fraction of sp³-hybridized carbons (Fsp3) is 0.429. The van der Waals surface area contributed by atoms with E-state index >= 15 is 0 Å². The molecular weight excluding hydrogens is 283 g/mol. The second-order valence-electron chi connectivity index (χ2n) is 4.96. The Balaban J connectivity index is 2.04. The van der Waals surface area contributed by atoms with Gasteiger partial charge in [-0.15, -0.1) is 0 Å². The Kier molecular flexibility index (Phi) is 3.57. The van der Waals surface area contributed by atoms with Crippen molar-refractivity contribution in [2.75, 3.05) is 18.0 Å². The lowest BCUT2D eigenvalue weighted by molar-refractivity contribution is -0.141. The first kappa shape index (κ1) is 13.9. The van der Waals surface area contributed by atoms with Gasteiger partial charge in [-0.1, -0.05) is 0 Å². The van der Waals surface area contributed by atoms with Gasteiger partial charge in [0.15, 0.2) is 11.5 Å². The van der Waals surface area contributed by atoms with Crippen molar-refractivity contribution >= 4 is 5.95 Å². The van der Waals surface area contributed by atoms with Gasteiger partial charge in [0.2, 0.25) is 5.95 Å². The van der Waals surface area contributed by atoms with E-state index in [2.05, 4.69) is 9.97 Å². The summed E-state index contributed by atoms with van der Waals surface area (Å²) >= 11 is 0. The predicted octanol–water partition coefficient (Wildman–Crippen LogP) is 3.75. The molecule has 2 aromatic rings. The van der Waals surface area contributed by atoms with E-state index in [9.17, 15) is 13.2 Å². The van der Waals surface area contributed by atoms with Crippen LogP contribution < -0.4 is 4.90 Å². The maximum Gasteiger partial charge on any atom is 0.433 e. The molecule has 3 heterocycles. The molecule has 0 amide bonds. The molecule has 7 heteroatoms. The summed E-state index contributed by atoms with van der Waals surface area (Å²) in [6.07, 6.45) is -0.133. The molecule has 3 rings (SSSR count). The van der Waals surface area contributed by atoms with Gasteiger partial charge < -0.3 is 9.32 Å². The van der Waals surface area contributed by atoms with Gasteiger partial charge in [-0.2, -0.15) is 13.2 Å². The number of rotatable bonds is 2. The van der Waals surface area contributed by atoms with E-state index in [-0.39, 0.29) is 11.6 Å². The Labute approximate surface area is 119 Å². The zero-order chi connectivity index (χ0) is 14.9. The van der Waals surface area contributed by atoms with Gasteiger partial charge in [-0.3, -0.25) is 0 Å². The minimum absolute atomic E-state index is 0.121. The van der Waals surface area contributed by atoms with Crippen molar-refractivity contribution in [3.05, 3.63) is 30.2 Å². The monoisotopic (exact) mass is 297 g/mol. The molecule has 1 aliphatic rings. The molecule has 1 aliphatic heterocycles. The van der Waals surface area contributed by atoms with E-state index in [1.807, 2.05) is 0 Å². The molecule has 21 heavy (non-hydrogen) atoms. The molecule has 0 radical (unpaired) electrons. The number of hydrogen-bond donors (Lipinski definition) is 0. The van der Waals surface area contributed by atoms with E-state index in [1.165, 1.54) is 6.26 Å². The SMILES string of the molecule is FC(F)(F)c1cc(-c2ccco2)nc(N2CCCCC2)n1. The lowest BCUT2D eigenvalue weighted by Crippen LogP contribution is -2.31. The minimum atomic E-state index is -4.51. The summed E-state index contributed by atoms with van der Waals surface area (Å²) in [5, 5.41) is 0. The molecule has 2 aromatic heterocycles. The summed E-state index contributed by atoms with van der Waals surface area (Å²) < 4.78 is 44.2. The fourth-order valence-corrected chi connectivity index (χ4v) is 2.37. The predicted molar refractivity (Wildman–Crippen MR) is 70.8 cm³/mol. The van der Waals surface area contributed by atoms with Crippen LogP contribution in [0.2, 0.25) is 0 Å². The van der Waals surface area contributed by atoms with Crippen molar-refractivity contribution in [2.24, 2.45) is 0 Å². The lowest BCUT2D eigenvalue weighted by atomic mass is 10.1. The fourth-order valence-electron chi connectivity index (χ4n) is 2.37. The van der Waals surface area contributed by atoms with Gasteiger partial charge in [-0.25, -0.2) is 9.97 Å². The van der Waals surface area contributed by atoms with Crippen LogP contribution in [0.5, 0.6) is 0 Å². The van der Waals surface area contributed by atoms with Crippen molar-refractivity contribution < 1.29 is 17.6 Å². The van der Waals surface area contributed by atoms with E-state index in [4.69, 9.17) is 4.42 Å². The molecule has 1 fully saturated rings. The lowest BCUT2D eigenvalue weighted by Gasteiger charge is -2.27. The highest BCUT2D eigenvalue weighted by atomic mass is 19.4. The Hall–Kier alpha value is -2.05. The number of aromatic nitrogens is 2. The molecule has 0 aliphatic carbocycles. The smallest absolute Gasteiger partial charge is 0.433 e. The minimum Gasteiger partial charge on any atom is -0.463 e. The largest absolute Gasteiger partial charge is 0.463 e. The van der Waals surface area contributed by atoms with Crippen LogP contribution in [0, 0.1) is 0 Å². The van der Waals surface area contributed by atoms with Crippen LogP contribution in [-0.4, -0.2) is 23.1 Å². The first-order valence-corrected chi connectivity index (χ1v) is 6.79. The second-order valence-corrected chi connectivity index (χ2v) is 4.96. The third-order valence-corrected chi connectivity index (χ3v) is 3.42. The first-order valence-electron chi connectivity index (χ1n) is 6.79. The maximum atomic E-state index is 13.0. The first-order chi connectivity index (χ1) is 10.0. The number of halogens is 3. The van der Waals surface area contributed by atoms with Crippen molar-refractivity contribution in [1.29, 1.82) is 0 Å². The van der Waals surface area contributed by atoms with Crippen molar-refractivity contribution in [3.63, 3.8) is 0 Å². The molecule has 0 unspecified atom stereocenters. The number of furan rings is 1. The van der Waals surface area contributed by atoms with Crippen LogP contribution >= 0.6 is 0 Å². The van der Waals surface area contributed by atoms with Crippen LogP contribution in [0.25, 0.3) is 11.5 Å². The van der Waals surface area contributed by atoms with Gasteiger partial charge >= 0.3 is 6.18 Å². The Morgan fingerprint density at radius 2 is 1.86 bits per heavy atom. The zero-order valence-corrected chi connectivity index (χ0v) is 11.2. The highest BCUT2D eigenvalue weighted by Gasteiger charge is 2.34. The van der Waals surface area contributed by atoms with Crippen LogP contribution in [0.3, 0.4) is 0 Å². The van der Waals surface area contributed by atoms with Crippen LogP contribution in [0.4, 0.5) is 19.1 Å². The molecule has 112 valence electrons. The quantitative estimate of drug-likeness (QED) is 0.846. The summed E-state index contributed by atoms with van der Waals surface area (Å²) in [6.45, 7) is 1.36. The van der Waals surface area contributed by atoms with Gasteiger partial charge in [0.25, 0.3) is 0 Å². The van der Waals surface area contributed by atoms with Gasteiger partial charge in [0, 0.05) is 13.1 Å². The third kappa shape index (κ3) is 3.01. The summed E-state index contributed by atoms with van der Waals surface area (Å²) in [4.78, 5) is 9.72. The number of alkyl halides is 3. The second kappa shape index (κ2) is 5.38. The topological polar surface area (TPSA) is 42.2 Å². The highest BCUT2D eigenvalue weighted by Crippen LogP contribution is 2.32. The molecule has 0 atom stereocenters. The summed E-state index contributed by atoms with van der Waals surface area (Å²) in [7, 11) is 0. The van der Waals surface area contributed by atoms with Gasteiger partial charge in [0.05, 0.1) is 6.26 Å². The standard InChI is InChI=1S/C14H14F3N3O/c15-14(16,17)12-9-10(11-5-4-8-21-11)18-13(19-12)20-6-2-1-3-7-20/h4-5,8-9H,1-3,6-7H2. The molecule has 4 nitrogen and oxygen atoms in total. The Bertz CT molecular complexity index is 604. The average molecular weight is 297 g/mol. The van der Waals surface area contributed by atoms with Crippen LogP contribution in [0.1, 0.15) is 25.0 Å². The van der Waals surface area contributed by atoms with Crippen molar-refractivity contribution in [2.45, 2.75) is 25.4 Å². The molecule has 0 aromatic carbocycles. The van der Waals surface area contributed by atoms with E-state index in [0.717, 1.165) is 25.3 Å². The molecule has 0 spiro atoms. The zero-order valence-electron chi connectivity index (χ0n) is 11.2. The number of nitrogens with zero attached hydrogens (tertiary/aromatic N) is 3. The highest BCUT2D eigenvalue weighted by molar-refractivity contribution is 5.55. The molecular formula is C14H14F3N3O. The Morgan fingerprint density at radius 3 is 2.48 bits per heavy atom. The van der Waals surface area contributed by atoms with Gasteiger partial charge in [-0.05, 0) is 37.5 Å². The van der Waals surface area contributed by atoms with Crippen LogP contribution in [-0.2, 0) is 6.18 Å². The number of piperidine rings is 1. The number of anilines is 1. The molecule has 1 saturated heterocycles. The van der Waals surface area contributed by atoms with Crippen LogP contribution in [0.15, 0.2) is 28.9 Å². The van der Waals surface area contributed by atoms with Crippen molar-refractivity contribution in [1.82, 2.24) is 9.97 Å². The van der Waals surface area contributed by atoms with E-state index in [0.29, 0.717) is 18.8 Å². The van der Waals surface area contributed by atoms with E-state index < -0.39 is 11.9 Å². The molecule has 0 saturated carbocycles. The maximum absolute atomic E-state index is 13.0. The summed E-state index contributed by atoms with van der Waals surface area (Å²) in [6, 6.07) is 4.13. The summed E-state index contributed by atoms with van der Waals surface area (Å²) in [5.41, 5.74) is -0.785. The average Bonchev–Trinajstić information content (AvgIpc) is 3.01. The normalized spacial score (nSPS) is 16.2. The van der Waals surface area contributed by atoms with Gasteiger partial charge in [0.1, 0.15) is 5.69 Å². The molecule has 0 N–H and O–H groups in total. The van der Waals surface area contributed by atoms with Crippen molar-refractivity contribution in [3.8, 4) is 11.5 Å². The van der Waals surface area contributed by atoms with E-state index in [1.54, 1.807) is 17.0 Å². The molecule has 0 bridgehead atoms. The summed E-state index contributed by atoms with van der Waals surface area (Å²) in [5.74, 6) is 0.428. The third-order valence-electron chi connectivity index (χ3n) is 3.42.